The van der Waals surface area contributed by atoms with Gasteiger partial charge in [0.1, 0.15) is 17.8 Å². The Bertz CT molecular complexity index is 1440. The summed E-state index contributed by atoms with van der Waals surface area (Å²) >= 11 is 0. The molecule has 1 amide bonds. The molecule has 0 saturated heterocycles. The van der Waals surface area contributed by atoms with Crippen LogP contribution in [0, 0.1) is 0 Å². The van der Waals surface area contributed by atoms with Gasteiger partial charge in [-0.1, -0.05) is 30.8 Å². The third kappa shape index (κ3) is 3.37. The van der Waals surface area contributed by atoms with Crippen molar-refractivity contribution >= 4 is 39.3 Å². The minimum atomic E-state index is -0.160. The molecule has 0 aliphatic carbocycles. The Labute approximate surface area is 184 Å². The first-order chi connectivity index (χ1) is 15.7. The Kier molecular flexibility index (Phi) is 4.87. The Balaban J connectivity index is 1.55. The van der Waals surface area contributed by atoms with Crippen LogP contribution in [0.3, 0.4) is 0 Å². The summed E-state index contributed by atoms with van der Waals surface area (Å²) in [5, 5.41) is 8.86. The molecule has 3 heterocycles. The van der Waals surface area contributed by atoms with E-state index in [2.05, 4.69) is 32.8 Å². The number of rotatable bonds is 6. The van der Waals surface area contributed by atoms with E-state index in [0.29, 0.717) is 18.9 Å². The third-order valence-electron chi connectivity index (χ3n) is 5.51. The molecule has 0 saturated carbocycles. The van der Waals surface area contributed by atoms with E-state index in [9.17, 15) is 4.79 Å². The fraction of sp³-hybridized carbons (Fsp3) is 0.0833. The number of aromatic amines is 1. The first-order valence-corrected chi connectivity index (χ1v) is 10.2. The van der Waals surface area contributed by atoms with Gasteiger partial charge in [-0.25, -0.2) is 9.97 Å². The highest BCUT2D eigenvalue weighted by Gasteiger charge is 2.18. The van der Waals surface area contributed by atoms with Crippen molar-refractivity contribution in [1.82, 2.24) is 24.7 Å². The smallest absolute Gasteiger partial charge is 0.250 e. The molecule has 0 unspecified atom stereocenters. The molecule has 3 aromatic heterocycles. The molecule has 0 aliphatic heterocycles. The standard InChI is InChI=1S/C24H21N7O/c1-2-21(32)31(18-6-4-3-5-7-18)11-10-30-14-19(22-23(25)26-15-27-24(22)30)16-8-9-20-17(12-16)13-28-29-20/h2-9,12-15H,1,10-11H2,(H,28,29)(H2,25,26,27). The molecule has 0 spiro atoms. The maximum Gasteiger partial charge on any atom is 0.250 e. The molecule has 0 aliphatic rings. The Morgan fingerprint density at radius 3 is 2.84 bits per heavy atom. The summed E-state index contributed by atoms with van der Waals surface area (Å²) in [6, 6.07) is 15.6. The van der Waals surface area contributed by atoms with Gasteiger partial charge in [-0.15, -0.1) is 0 Å². The number of fused-ring (bicyclic) bond motifs is 2. The SMILES string of the molecule is C=CC(=O)N(CCn1cc(-c2ccc3[nH]ncc3c2)c2c(N)ncnc21)c1ccccc1. The molecule has 0 radical (unpaired) electrons. The number of H-pyrrole nitrogens is 1. The van der Waals surface area contributed by atoms with Crippen LogP contribution in [-0.2, 0) is 11.3 Å². The second-order valence-corrected chi connectivity index (χ2v) is 7.40. The van der Waals surface area contributed by atoms with Crippen molar-refractivity contribution in [2.24, 2.45) is 0 Å². The second-order valence-electron chi connectivity index (χ2n) is 7.40. The van der Waals surface area contributed by atoms with Crippen LogP contribution in [0.15, 0.2) is 79.9 Å². The normalized spacial score (nSPS) is 11.1. The van der Waals surface area contributed by atoms with E-state index in [-0.39, 0.29) is 5.91 Å². The number of nitrogens with one attached hydrogen (secondary N) is 1. The zero-order valence-corrected chi connectivity index (χ0v) is 17.3. The van der Waals surface area contributed by atoms with Crippen molar-refractivity contribution in [3.63, 3.8) is 0 Å². The lowest BCUT2D eigenvalue weighted by Gasteiger charge is -2.21. The Morgan fingerprint density at radius 1 is 1.19 bits per heavy atom. The highest BCUT2D eigenvalue weighted by molar-refractivity contribution is 6.02. The van der Waals surface area contributed by atoms with Gasteiger partial charge in [0.15, 0.2) is 0 Å². The largest absolute Gasteiger partial charge is 0.383 e. The molecular weight excluding hydrogens is 402 g/mol. The van der Waals surface area contributed by atoms with Crippen molar-refractivity contribution in [2.45, 2.75) is 6.54 Å². The molecule has 158 valence electrons. The first-order valence-electron chi connectivity index (χ1n) is 10.2. The molecule has 0 fully saturated rings. The minimum Gasteiger partial charge on any atom is -0.383 e. The van der Waals surface area contributed by atoms with Crippen molar-refractivity contribution in [2.75, 3.05) is 17.2 Å². The number of nitrogen functional groups attached to an aromatic ring is 1. The van der Waals surface area contributed by atoms with Crippen molar-refractivity contribution in [3.8, 4) is 11.1 Å². The third-order valence-corrected chi connectivity index (χ3v) is 5.51. The number of benzene rings is 2. The number of amides is 1. The predicted octanol–water partition coefficient (Wildman–Crippen LogP) is 3.78. The number of nitrogens with zero attached hydrogens (tertiary/aromatic N) is 5. The van der Waals surface area contributed by atoms with Gasteiger partial charge in [0.05, 0.1) is 17.1 Å². The summed E-state index contributed by atoms with van der Waals surface area (Å²) < 4.78 is 2.01. The van der Waals surface area contributed by atoms with Crippen LogP contribution in [0.2, 0.25) is 0 Å². The lowest BCUT2D eigenvalue weighted by atomic mass is 10.0. The molecule has 32 heavy (non-hydrogen) atoms. The van der Waals surface area contributed by atoms with Gasteiger partial charge in [-0.3, -0.25) is 9.89 Å². The summed E-state index contributed by atoms with van der Waals surface area (Å²) in [5.41, 5.74) is 10.7. The second kappa shape index (κ2) is 7.99. The van der Waals surface area contributed by atoms with E-state index < -0.39 is 0 Å². The van der Waals surface area contributed by atoms with E-state index in [0.717, 1.165) is 38.8 Å². The Morgan fingerprint density at radius 2 is 2.03 bits per heavy atom. The average Bonchev–Trinajstić information content (AvgIpc) is 3.44. The fourth-order valence-corrected chi connectivity index (χ4v) is 3.94. The molecule has 8 heteroatoms. The van der Waals surface area contributed by atoms with E-state index in [1.807, 2.05) is 53.2 Å². The van der Waals surface area contributed by atoms with Crippen LogP contribution in [0.25, 0.3) is 33.1 Å². The van der Waals surface area contributed by atoms with Crippen LogP contribution >= 0.6 is 0 Å². The molecular formula is C24H21N7O. The molecule has 0 atom stereocenters. The summed E-state index contributed by atoms with van der Waals surface area (Å²) in [7, 11) is 0. The highest BCUT2D eigenvalue weighted by Crippen LogP contribution is 2.34. The summed E-state index contributed by atoms with van der Waals surface area (Å²) in [5.74, 6) is 0.255. The predicted molar refractivity (Wildman–Crippen MR) is 126 cm³/mol. The van der Waals surface area contributed by atoms with Crippen LogP contribution < -0.4 is 10.6 Å². The number of anilines is 2. The van der Waals surface area contributed by atoms with E-state index >= 15 is 0 Å². The quantitative estimate of drug-likeness (QED) is 0.404. The van der Waals surface area contributed by atoms with Gasteiger partial charge in [-0.2, -0.15) is 5.10 Å². The maximum absolute atomic E-state index is 12.5. The molecule has 2 aromatic carbocycles. The van der Waals surface area contributed by atoms with E-state index in [1.165, 1.54) is 12.4 Å². The first kappa shape index (κ1) is 19.5. The summed E-state index contributed by atoms with van der Waals surface area (Å²) in [6.45, 7) is 4.62. The topological polar surface area (TPSA) is 106 Å². The van der Waals surface area contributed by atoms with Gasteiger partial charge in [-0.05, 0) is 35.9 Å². The van der Waals surface area contributed by atoms with E-state index in [1.54, 1.807) is 11.1 Å². The maximum atomic E-state index is 12.5. The lowest BCUT2D eigenvalue weighted by molar-refractivity contribution is -0.114. The average molecular weight is 423 g/mol. The zero-order valence-electron chi connectivity index (χ0n) is 17.3. The fourth-order valence-electron chi connectivity index (χ4n) is 3.94. The van der Waals surface area contributed by atoms with Crippen molar-refractivity contribution in [3.05, 3.63) is 79.9 Å². The molecule has 8 nitrogen and oxygen atoms in total. The van der Waals surface area contributed by atoms with Crippen LogP contribution in [0.1, 0.15) is 0 Å². The molecule has 0 bridgehead atoms. The number of para-hydroxylation sites is 1. The van der Waals surface area contributed by atoms with Gasteiger partial charge in [0, 0.05) is 35.9 Å². The van der Waals surface area contributed by atoms with Crippen LogP contribution in [-0.4, -0.2) is 37.2 Å². The molecule has 3 N–H and O–H groups in total. The monoisotopic (exact) mass is 423 g/mol. The minimum absolute atomic E-state index is 0.160. The molecule has 5 aromatic rings. The number of aromatic nitrogens is 5. The lowest BCUT2D eigenvalue weighted by Crippen LogP contribution is -2.32. The number of carbonyl (C=O) groups excluding carboxylic acids is 1. The summed E-state index contributed by atoms with van der Waals surface area (Å²) in [4.78, 5) is 22.9. The van der Waals surface area contributed by atoms with Crippen LogP contribution in [0.5, 0.6) is 0 Å². The number of hydrogen-bond donors (Lipinski definition) is 2. The molecule has 5 rings (SSSR count). The number of hydrogen-bond acceptors (Lipinski definition) is 5. The Hall–Kier alpha value is -4.46. The van der Waals surface area contributed by atoms with Gasteiger partial charge in [0.25, 0.3) is 0 Å². The van der Waals surface area contributed by atoms with Gasteiger partial charge in [0.2, 0.25) is 5.91 Å². The summed E-state index contributed by atoms with van der Waals surface area (Å²) in [6.07, 6.45) is 6.59. The van der Waals surface area contributed by atoms with Crippen molar-refractivity contribution < 1.29 is 4.79 Å². The number of nitrogens with two attached hydrogens (primary N) is 1. The van der Waals surface area contributed by atoms with Gasteiger partial charge >= 0.3 is 0 Å². The van der Waals surface area contributed by atoms with Crippen molar-refractivity contribution in [1.29, 1.82) is 0 Å². The van der Waals surface area contributed by atoms with Crippen LogP contribution in [0.4, 0.5) is 11.5 Å². The zero-order chi connectivity index (χ0) is 22.1. The highest BCUT2D eigenvalue weighted by atomic mass is 16.2. The van der Waals surface area contributed by atoms with Gasteiger partial charge < -0.3 is 15.2 Å². The number of carbonyl (C=O) groups is 1. The van der Waals surface area contributed by atoms with E-state index in [4.69, 9.17) is 5.73 Å².